The Bertz CT molecular complexity index is 611. The maximum absolute atomic E-state index is 13.1. The Morgan fingerprint density at radius 3 is 2.29 bits per heavy atom. The fraction of sp³-hybridized carbons (Fsp3) is 0.250. The van der Waals surface area contributed by atoms with Crippen molar-refractivity contribution >= 4 is 15.9 Å². The average Bonchev–Trinajstić information content (AvgIpc) is 2.49. The van der Waals surface area contributed by atoms with Gasteiger partial charge in [-0.15, -0.1) is 0 Å². The zero-order valence-electron chi connectivity index (χ0n) is 11.9. The Kier molecular flexibility index (Phi) is 5.20. The monoisotopic (exact) mass is 353 g/mol. The van der Waals surface area contributed by atoms with Crippen molar-refractivity contribution < 1.29 is 13.9 Å². The first-order valence-corrected chi connectivity index (χ1v) is 7.26. The summed E-state index contributed by atoms with van der Waals surface area (Å²) in [5.41, 5.74) is 8.04. The van der Waals surface area contributed by atoms with Crippen molar-refractivity contribution in [1.82, 2.24) is 0 Å². The summed E-state index contributed by atoms with van der Waals surface area (Å²) >= 11 is 3.36. The number of halogens is 2. The number of hydrogen-bond donors (Lipinski definition) is 1. The molecule has 0 aliphatic heterocycles. The number of ether oxygens (including phenoxy) is 2. The molecular formula is C16H17BrFNO2. The van der Waals surface area contributed by atoms with E-state index >= 15 is 0 Å². The van der Waals surface area contributed by atoms with E-state index in [4.69, 9.17) is 15.2 Å². The number of nitrogens with two attached hydrogens (primary N) is 1. The molecule has 2 rings (SSSR count). The van der Waals surface area contributed by atoms with Gasteiger partial charge in [0.25, 0.3) is 0 Å². The molecular weight excluding hydrogens is 337 g/mol. The van der Waals surface area contributed by atoms with E-state index in [-0.39, 0.29) is 11.9 Å². The smallest absolute Gasteiger partial charge is 0.127 e. The number of methoxy groups -OCH3 is 2. The quantitative estimate of drug-likeness (QED) is 0.887. The minimum atomic E-state index is -0.321. The van der Waals surface area contributed by atoms with Gasteiger partial charge in [0, 0.05) is 10.5 Å². The number of hydrogen-bond acceptors (Lipinski definition) is 3. The molecule has 2 aromatic carbocycles. The summed E-state index contributed by atoms with van der Waals surface area (Å²) in [6.07, 6.45) is 0.539. The lowest BCUT2D eigenvalue weighted by atomic mass is 9.98. The fourth-order valence-corrected chi connectivity index (χ4v) is 2.78. The van der Waals surface area contributed by atoms with E-state index in [1.807, 2.05) is 18.2 Å². The molecule has 0 amide bonds. The Labute approximate surface area is 132 Å². The van der Waals surface area contributed by atoms with E-state index in [0.29, 0.717) is 22.4 Å². The van der Waals surface area contributed by atoms with Crippen molar-refractivity contribution in [3.63, 3.8) is 0 Å². The molecule has 0 aliphatic rings. The molecule has 0 aliphatic carbocycles. The minimum Gasteiger partial charge on any atom is -0.496 e. The van der Waals surface area contributed by atoms with Crippen LogP contribution in [-0.4, -0.2) is 14.2 Å². The van der Waals surface area contributed by atoms with Gasteiger partial charge in [0.2, 0.25) is 0 Å². The van der Waals surface area contributed by atoms with Crippen LogP contribution in [0.2, 0.25) is 0 Å². The molecule has 0 spiro atoms. The van der Waals surface area contributed by atoms with Crippen molar-refractivity contribution in [2.75, 3.05) is 14.2 Å². The lowest BCUT2D eigenvalue weighted by Gasteiger charge is -2.19. The van der Waals surface area contributed by atoms with Crippen LogP contribution in [0.1, 0.15) is 17.2 Å². The standard InChI is InChI=1S/C16H17BrFNO2/c1-20-14-4-3-5-15(21-2)16(14)13(19)8-10-6-7-11(18)9-12(10)17/h3-7,9,13H,8,19H2,1-2H3. The summed E-state index contributed by atoms with van der Waals surface area (Å²) in [7, 11) is 3.19. The van der Waals surface area contributed by atoms with Gasteiger partial charge in [-0.3, -0.25) is 0 Å². The summed E-state index contributed by atoms with van der Waals surface area (Å²) in [4.78, 5) is 0. The predicted octanol–water partition coefficient (Wildman–Crippen LogP) is 3.85. The molecule has 0 saturated carbocycles. The molecule has 0 saturated heterocycles. The highest BCUT2D eigenvalue weighted by molar-refractivity contribution is 9.10. The van der Waals surface area contributed by atoms with Gasteiger partial charge >= 0.3 is 0 Å². The van der Waals surface area contributed by atoms with Crippen LogP contribution >= 0.6 is 15.9 Å². The minimum absolute atomic E-state index is 0.283. The molecule has 3 nitrogen and oxygen atoms in total. The molecule has 2 aromatic rings. The molecule has 0 bridgehead atoms. The third-order valence-electron chi connectivity index (χ3n) is 3.29. The van der Waals surface area contributed by atoms with Crippen molar-refractivity contribution in [2.24, 2.45) is 5.73 Å². The average molecular weight is 354 g/mol. The van der Waals surface area contributed by atoms with E-state index in [1.165, 1.54) is 12.1 Å². The second-order valence-electron chi connectivity index (χ2n) is 4.62. The molecule has 112 valence electrons. The Morgan fingerprint density at radius 1 is 1.14 bits per heavy atom. The van der Waals surface area contributed by atoms with E-state index in [9.17, 15) is 4.39 Å². The second kappa shape index (κ2) is 6.91. The molecule has 1 atom stereocenters. The molecule has 5 heteroatoms. The normalized spacial score (nSPS) is 12.0. The first kappa shape index (κ1) is 15.8. The number of benzene rings is 2. The van der Waals surface area contributed by atoms with E-state index in [1.54, 1.807) is 20.3 Å². The number of rotatable bonds is 5. The largest absolute Gasteiger partial charge is 0.496 e. The second-order valence-corrected chi connectivity index (χ2v) is 5.48. The molecule has 2 N–H and O–H groups in total. The van der Waals surface area contributed by atoms with Crippen molar-refractivity contribution in [2.45, 2.75) is 12.5 Å². The topological polar surface area (TPSA) is 44.5 Å². The highest BCUT2D eigenvalue weighted by Crippen LogP contribution is 2.35. The Morgan fingerprint density at radius 2 is 1.76 bits per heavy atom. The first-order chi connectivity index (χ1) is 10.1. The van der Waals surface area contributed by atoms with Gasteiger partial charge in [-0.25, -0.2) is 4.39 Å². The highest BCUT2D eigenvalue weighted by atomic mass is 79.9. The van der Waals surface area contributed by atoms with Gasteiger partial charge in [-0.2, -0.15) is 0 Å². The van der Waals surface area contributed by atoms with Crippen LogP contribution in [-0.2, 0) is 6.42 Å². The molecule has 1 unspecified atom stereocenters. The van der Waals surface area contributed by atoms with Gasteiger partial charge in [0.05, 0.1) is 19.8 Å². The van der Waals surface area contributed by atoms with Crippen LogP contribution in [0.3, 0.4) is 0 Å². The molecule has 0 heterocycles. The van der Waals surface area contributed by atoms with E-state index < -0.39 is 0 Å². The van der Waals surface area contributed by atoms with Crippen LogP contribution < -0.4 is 15.2 Å². The fourth-order valence-electron chi connectivity index (χ4n) is 2.27. The molecule has 0 fully saturated rings. The van der Waals surface area contributed by atoms with Crippen molar-refractivity contribution in [3.8, 4) is 11.5 Å². The summed E-state index contributed by atoms with van der Waals surface area (Å²) in [6, 6.07) is 9.80. The molecule has 21 heavy (non-hydrogen) atoms. The summed E-state index contributed by atoms with van der Waals surface area (Å²) in [5.74, 6) is 1.08. The van der Waals surface area contributed by atoms with Crippen molar-refractivity contribution in [3.05, 3.63) is 57.8 Å². The lowest BCUT2D eigenvalue weighted by molar-refractivity contribution is 0.378. The van der Waals surface area contributed by atoms with Crippen molar-refractivity contribution in [1.29, 1.82) is 0 Å². The van der Waals surface area contributed by atoms with Gasteiger partial charge in [-0.05, 0) is 36.2 Å². The van der Waals surface area contributed by atoms with Crippen LogP contribution in [0.15, 0.2) is 40.9 Å². The van der Waals surface area contributed by atoms with Gasteiger partial charge < -0.3 is 15.2 Å². The third kappa shape index (κ3) is 3.54. The third-order valence-corrected chi connectivity index (χ3v) is 4.03. The zero-order chi connectivity index (χ0) is 15.4. The maximum atomic E-state index is 13.1. The van der Waals surface area contributed by atoms with Gasteiger partial charge in [-0.1, -0.05) is 28.1 Å². The molecule has 0 aromatic heterocycles. The summed E-state index contributed by atoms with van der Waals surface area (Å²) < 4.78 is 24.6. The van der Waals surface area contributed by atoms with Crippen LogP contribution in [0, 0.1) is 5.82 Å². The first-order valence-electron chi connectivity index (χ1n) is 6.47. The van der Waals surface area contributed by atoms with Crippen LogP contribution in [0.25, 0.3) is 0 Å². The SMILES string of the molecule is COc1cccc(OC)c1C(N)Cc1ccc(F)cc1Br. The van der Waals surface area contributed by atoms with Gasteiger partial charge in [0.1, 0.15) is 17.3 Å². The van der Waals surface area contributed by atoms with Crippen LogP contribution in [0.5, 0.6) is 11.5 Å². The zero-order valence-corrected chi connectivity index (χ0v) is 13.5. The van der Waals surface area contributed by atoms with Gasteiger partial charge in [0.15, 0.2) is 0 Å². The Balaban J connectivity index is 2.33. The Hall–Kier alpha value is -1.59. The summed E-state index contributed by atoms with van der Waals surface area (Å²) in [5, 5.41) is 0. The predicted molar refractivity (Wildman–Crippen MR) is 84.3 cm³/mol. The lowest BCUT2D eigenvalue weighted by Crippen LogP contribution is -2.16. The maximum Gasteiger partial charge on any atom is 0.127 e. The van der Waals surface area contributed by atoms with Crippen LogP contribution in [0.4, 0.5) is 4.39 Å². The highest BCUT2D eigenvalue weighted by Gasteiger charge is 2.18. The van der Waals surface area contributed by atoms with E-state index in [0.717, 1.165) is 11.1 Å². The van der Waals surface area contributed by atoms with E-state index in [2.05, 4.69) is 15.9 Å². The summed E-state index contributed by atoms with van der Waals surface area (Å²) in [6.45, 7) is 0. The molecule has 0 radical (unpaired) electrons.